The number of rotatable bonds is 2. The summed E-state index contributed by atoms with van der Waals surface area (Å²) in [5.41, 5.74) is 1.74. The van der Waals surface area contributed by atoms with Gasteiger partial charge in [-0.25, -0.2) is 0 Å². The van der Waals surface area contributed by atoms with Crippen LogP contribution in [0.2, 0.25) is 5.02 Å². The molecule has 0 aliphatic carbocycles. The summed E-state index contributed by atoms with van der Waals surface area (Å²) >= 11 is 14.9. The highest BCUT2D eigenvalue weighted by Gasteiger charge is 2.03. The lowest BCUT2D eigenvalue weighted by atomic mass is 10.1. The summed E-state index contributed by atoms with van der Waals surface area (Å²) in [7, 11) is 0. The molecule has 0 atom stereocenters. The minimum absolute atomic E-state index is 0.399. The second-order valence-electron chi connectivity index (χ2n) is 2.36. The molecule has 64 valence electrons. The molecule has 0 saturated carbocycles. The van der Waals surface area contributed by atoms with Crippen LogP contribution >= 0.6 is 39.1 Å². The molecule has 0 aromatic heterocycles. The highest BCUT2D eigenvalue weighted by atomic mass is 79.9. The number of hydrogen-bond donors (Lipinski definition) is 0. The Kier molecular flexibility index (Phi) is 3.63. The van der Waals surface area contributed by atoms with Crippen molar-refractivity contribution in [3.05, 3.63) is 39.8 Å². The van der Waals surface area contributed by atoms with Gasteiger partial charge in [-0.15, -0.1) is 11.6 Å². The van der Waals surface area contributed by atoms with Crippen molar-refractivity contribution >= 4 is 44.7 Å². The lowest BCUT2D eigenvalue weighted by molar-refractivity contribution is 1.55. The Labute approximate surface area is 90.3 Å². The Morgan fingerprint density at radius 1 is 1.50 bits per heavy atom. The number of hydrogen-bond acceptors (Lipinski definition) is 0. The van der Waals surface area contributed by atoms with Gasteiger partial charge in [-0.05, 0) is 29.3 Å². The molecule has 0 spiro atoms. The van der Waals surface area contributed by atoms with Crippen LogP contribution in [0.5, 0.6) is 0 Å². The zero-order valence-corrected chi connectivity index (χ0v) is 9.38. The van der Waals surface area contributed by atoms with Gasteiger partial charge in [-0.3, -0.25) is 0 Å². The van der Waals surface area contributed by atoms with Gasteiger partial charge >= 0.3 is 0 Å². The maximum Gasteiger partial charge on any atom is 0.0482 e. The molecule has 0 aliphatic rings. The van der Waals surface area contributed by atoms with E-state index >= 15 is 0 Å². The first-order valence-electron chi connectivity index (χ1n) is 3.34. The van der Waals surface area contributed by atoms with E-state index in [1.165, 1.54) is 0 Å². The third-order valence-electron chi connectivity index (χ3n) is 1.47. The van der Waals surface area contributed by atoms with Gasteiger partial charge < -0.3 is 0 Å². The Hall–Kier alpha value is 0.0200. The van der Waals surface area contributed by atoms with Gasteiger partial charge in [0.2, 0.25) is 0 Å². The van der Waals surface area contributed by atoms with E-state index < -0.39 is 0 Å². The predicted octanol–water partition coefficient (Wildman–Crippen LogP) is 4.35. The average molecular weight is 266 g/mol. The van der Waals surface area contributed by atoms with Crippen LogP contribution in [0.1, 0.15) is 5.56 Å². The molecule has 3 heteroatoms. The molecular weight excluding hydrogens is 259 g/mol. The summed E-state index contributed by atoms with van der Waals surface area (Å²) in [6.07, 6.45) is 0. The van der Waals surface area contributed by atoms with E-state index in [-0.39, 0.29) is 0 Å². The minimum atomic E-state index is 0.399. The first kappa shape index (κ1) is 10.1. The molecule has 1 aromatic rings. The third-order valence-corrected chi connectivity index (χ3v) is 2.62. The fraction of sp³-hybridized carbons (Fsp3) is 0.111. The molecule has 0 unspecified atom stereocenters. The summed E-state index contributed by atoms with van der Waals surface area (Å²) in [4.78, 5) is 0. The normalized spacial score (nSPS) is 9.92. The number of allylic oxidation sites excluding steroid dienone is 1. The van der Waals surface area contributed by atoms with Gasteiger partial charge in [0.05, 0.1) is 0 Å². The van der Waals surface area contributed by atoms with Gasteiger partial charge in [-0.2, -0.15) is 0 Å². The maximum absolute atomic E-state index is 5.93. The molecule has 0 saturated heterocycles. The van der Waals surface area contributed by atoms with Crippen LogP contribution in [0.4, 0.5) is 0 Å². The predicted molar refractivity (Wildman–Crippen MR) is 58.9 cm³/mol. The Balaban J connectivity index is 3.13. The van der Waals surface area contributed by atoms with E-state index in [4.69, 9.17) is 23.2 Å². The third kappa shape index (κ3) is 2.25. The van der Waals surface area contributed by atoms with Gasteiger partial charge in [-0.1, -0.05) is 34.1 Å². The first-order chi connectivity index (χ1) is 5.65. The van der Waals surface area contributed by atoms with Gasteiger partial charge in [0.15, 0.2) is 0 Å². The lowest BCUT2D eigenvalue weighted by Crippen LogP contribution is -1.85. The summed E-state index contributed by atoms with van der Waals surface area (Å²) in [5, 5.41) is 0.684. The van der Waals surface area contributed by atoms with E-state index in [0.29, 0.717) is 10.9 Å². The molecule has 0 radical (unpaired) electrons. The van der Waals surface area contributed by atoms with E-state index in [1.54, 1.807) is 0 Å². The summed E-state index contributed by atoms with van der Waals surface area (Å²) < 4.78 is 0.980. The molecule has 0 bridgehead atoms. The van der Waals surface area contributed by atoms with Crippen molar-refractivity contribution in [1.82, 2.24) is 0 Å². The van der Waals surface area contributed by atoms with Crippen LogP contribution in [0.15, 0.2) is 29.3 Å². The standard InChI is InChI=1S/C9H7BrCl2/c1-6(5-11)8-4-7(10)2-3-9(8)12/h2-4H,1,5H2. The van der Waals surface area contributed by atoms with Crippen molar-refractivity contribution in [3.63, 3.8) is 0 Å². The van der Waals surface area contributed by atoms with Crippen molar-refractivity contribution in [2.45, 2.75) is 0 Å². The Bertz CT molecular complexity index is 307. The SMILES string of the molecule is C=C(CCl)c1cc(Br)ccc1Cl. The fourth-order valence-electron chi connectivity index (χ4n) is 0.840. The van der Waals surface area contributed by atoms with E-state index in [1.807, 2.05) is 18.2 Å². The van der Waals surface area contributed by atoms with Crippen LogP contribution in [0.25, 0.3) is 5.57 Å². The molecule has 1 aromatic carbocycles. The van der Waals surface area contributed by atoms with Crippen LogP contribution in [0.3, 0.4) is 0 Å². The van der Waals surface area contributed by atoms with Crippen molar-refractivity contribution in [2.75, 3.05) is 5.88 Å². The molecule has 0 N–H and O–H groups in total. The summed E-state index contributed by atoms with van der Waals surface area (Å²) in [5.74, 6) is 0.399. The molecule has 0 heterocycles. The minimum Gasteiger partial charge on any atom is -0.122 e. The fourth-order valence-corrected chi connectivity index (χ4v) is 1.60. The molecular formula is C9H7BrCl2. The van der Waals surface area contributed by atoms with E-state index in [0.717, 1.165) is 15.6 Å². The van der Waals surface area contributed by atoms with Crippen LogP contribution in [0, 0.1) is 0 Å². The second kappa shape index (κ2) is 4.31. The van der Waals surface area contributed by atoms with Crippen LogP contribution in [-0.4, -0.2) is 5.88 Å². The number of alkyl halides is 1. The van der Waals surface area contributed by atoms with Gasteiger partial charge in [0.25, 0.3) is 0 Å². The van der Waals surface area contributed by atoms with E-state index in [9.17, 15) is 0 Å². The quantitative estimate of drug-likeness (QED) is 0.698. The van der Waals surface area contributed by atoms with E-state index in [2.05, 4.69) is 22.5 Å². The molecule has 0 nitrogen and oxygen atoms in total. The summed E-state index contributed by atoms with van der Waals surface area (Å²) in [6, 6.07) is 5.61. The monoisotopic (exact) mass is 264 g/mol. The van der Waals surface area contributed by atoms with Crippen LogP contribution < -0.4 is 0 Å². The van der Waals surface area contributed by atoms with Crippen molar-refractivity contribution in [1.29, 1.82) is 0 Å². The smallest absolute Gasteiger partial charge is 0.0482 e. The second-order valence-corrected chi connectivity index (χ2v) is 3.95. The van der Waals surface area contributed by atoms with Gasteiger partial charge in [0.1, 0.15) is 0 Å². The summed E-state index contributed by atoms with van der Waals surface area (Å²) in [6.45, 7) is 3.81. The Morgan fingerprint density at radius 2 is 2.17 bits per heavy atom. The highest BCUT2D eigenvalue weighted by molar-refractivity contribution is 9.10. The number of halogens is 3. The molecule has 0 fully saturated rings. The number of benzene rings is 1. The first-order valence-corrected chi connectivity index (χ1v) is 5.05. The Morgan fingerprint density at radius 3 is 2.75 bits per heavy atom. The van der Waals surface area contributed by atoms with Crippen molar-refractivity contribution in [3.8, 4) is 0 Å². The average Bonchev–Trinajstić information content (AvgIpc) is 2.08. The molecule has 0 amide bonds. The van der Waals surface area contributed by atoms with Crippen molar-refractivity contribution < 1.29 is 0 Å². The zero-order valence-electron chi connectivity index (χ0n) is 6.28. The molecule has 0 aliphatic heterocycles. The van der Waals surface area contributed by atoms with Crippen molar-refractivity contribution in [2.24, 2.45) is 0 Å². The maximum atomic E-state index is 5.93. The topological polar surface area (TPSA) is 0 Å². The lowest BCUT2D eigenvalue weighted by Gasteiger charge is -2.04. The zero-order chi connectivity index (χ0) is 9.14. The largest absolute Gasteiger partial charge is 0.122 e. The highest BCUT2D eigenvalue weighted by Crippen LogP contribution is 2.26. The van der Waals surface area contributed by atoms with Crippen LogP contribution in [-0.2, 0) is 0 Å². The van der Waals surface area contributed by atoms with Gasteiger partial charge in [0, 0.05) is 15.4 Å². The molecule has 1 rings (SSSR count). The molecule has 12 heavy (non-hydrogen) atoms.